The first-order valence-corrected chi connectivity index (χ1v) is 10.3. The average Bonchev–Trinajstić information content (AvgIpc) is 2.75. The van der Waals surface area contributed by atoms with Crippen LogP contribution in [-0.2, 0) is 4.79 Å². The van der Waals surface area contributed by atoms with E-state index in [1.807, 2.05) is 36.1 Å². The topological polar surface area (TPSA) is 58.4 Å². The van der Waals surface area contributed by atoms with Crippen LogP contribution in [-0.4, -0.2) is 46.8 Å². The third-order valence-electron chi connectivity index (χ3n) is 5.93. The van der Waals surface area contributed by atoms with E-state index in [1.165, 1.54) is 23.9 Å². The minimum atomic E-state index is -0.140. The lowest BCUT2D eigenvalue weighted by atomic mass is 9.88. The van der Waals surface area contributed by atoms with Crippen LogP contribution < -0.4 is 10.5 Å². The maximum atomic E-state index is 12.8. The molecule has 0 N–H and O–H groups in total. The van der Waals surface area contributed by atoms with Crippen molar-refractivity contribution in [1.29, 1.82) is 0 Å². The highest BCUT2D eigenvalue weighted by atomic mass is 16.2. The largest absolute Gasteiger partial charge is 0.352 e. The summed E-state index contributed by atoms with van der Waals surface area (Å²) in [5, 5.41) is 4.58. The number of anilines is 1. The van der Waals surface area contributed by atoms with E-state index in [9.17, 15) is 9.59 Å². The molecule has 2 aromatic rings. The third kappa shape index (κ3) is 3.96. The molecule has 28 heavy (non-hydrogen) atoms. The molecule has 6 nitrogen and oxygen atoms in total. The van der Waals surface area contributed by atoms with E-state index in [0.29, 0.717) is 5.91 Å². The van der Waals surface area contributed by atoms with E-state index in [0.717, 1.165) is 56.1 Å². The van der Waals surface area contributed by atoms with Crippen LogP contribution in [0.5, 0.6) is 0 Å². The Morgan fingerprint density at radius 2 is 1.61 bits per heavy atom. The van der Waals surface area contributed by atoms with Crippen molar-refractivity contribution >= 4 is 11.7 Å². The van der Waals surface area contributed by atoms with Crippen molar-refractivity contribution in [3.05, 3.63) is 52.3 Å². The zero-order valence-corrected chi connectivity index (χ0v) is 16.5. The van der Waals surface area contributed by atoms with Crippen molar-refractivity contribution in [2.75, 3.05) is 31.1 Å². The van der Waals surface area contributed by atoms with Crippen molar-refractivity contribution < 1.29 is 4.79 Å². The van der Waals surface area contributed by atoms with Gasteiger partial charge in [0.15, 0.2) is 0 Å². The summed E-state index contributed by atoms with van der Waals surface area (Å²) in [7, 11) is 0. The molecule has 1 saturated heterocycles. The SMILES string of the molecule is Cc1ccc(-n2nc(N3CCN(C(=O)C4CCCCC4)CC3)ccc2=O)cc1. The second-order valence-corrected chi connectivity index (χ2v) is 7.92. The summed E-state index contributed by atoms with van der Waals surface area (Å²) in [4.78, 5) is 29.2. The molecular weight excluding hydrogens is 352 g/mol. The first-order chi connectivity index (χ1) is 13.6. The van der Waals surface area contributed by atoms with E-state index < -0.39 is 0 Å². The fraction of sp³-hybridized carbons (Fsp3) is 0.500. The Kier molecular flexibility index (Phi) is 5.46. The molecule has 2 heterocycles. The molecule has 6 heteroatoms. The van der Waals surface area contributed by atoms with Gasteiger partial charge in [0.2, 0.25) is 5.91 Å². The van der Waals surface area contributed by atoms with Crippen molar-refractivity contribution in [2.45, 2.75) is 39.0 Å². The maximum Gasteiger partial charge on any atom is 0.271 e. The van der Waals surface area contributed by atoms with Crippen LogP contribution >= 0.6 is 0 Å². The van der Waals surface area contributed by atoms with Gasteiger partial charge in [-0.15, -0.1) is 5.10 Å². The van der Waals surface area contributed by atoms with Crippen molar-refractivity contribution in [1.82, 2.24) is 14.7 Å². The van der Waals surface area contributed by atoms with Gasteiger partial charge in [-0.3, -0.25) is 9.59 Å². The molecule has 1 aliphatic carbocycles. The zero-order chi connectivity index (χ0) is 19.5. The third-order valence-corrected chi connectivity index (χ3v) is 5.93. The number of benzene rings is 1. The average molecular weight is 380 g/mol. The predicted molar refractivity (Wildman–Crippen MR) is 110 cm³/mol. The highest BCUT2D eigenvalue weighted by molar-refractivity contribution is 5.79. The van der Waals surface area contributed by atoms with Gasteiger partial charge in [0, 0.05) is 38.2 Å². The van der Waals surface area contributed by atoms with Crippen molar-refractivity contribution in [2.24, 2.45) is 5.92 Å². The summed E-state index contributed by atoms with van der Waals surface area (Å²) in [6.07, 6.45) is 5.71. The van der Waals surface area contributed by atoms with Crippen molar-refractivity contribution in [3.8, 4) is 5.69 Å². The summed E-state index contributed by atoms with van der Waals surface area (Å²) in [5.74, 6) is 1.34. The standard InChI is InChI=1S/C22H28N4O2/c1-17-7-9-19(10-8-17)26-21(27)12-11-20(23-26)24-13-15-25(16-14-24)22(28)18-5-3-2-4-6-18/h7-12,18H,2-6,13-16H2,1H3. The van der Waals surface area contributed by atoms with Gasteiger partial charge in [-0.25, -0.2) is 0 Å². The number of nitrogens with zero attached hydrogens (tertiary/aromatic N) is 4. The minimum Gasteiger partial charge on any atom is -0.352 e. The number of hydrogen-bond acceptors (Lipinski definition) is 4. The number of rotatable bonds is 3. The van der Waals surface area contributed by atoms with E-state index in [1.54, 1.807) is 12.1 Å². The molecule has 1 aliphatic heterocycles. The molecule has 0 spiro atoms. The molecule has 1 aromatic carbocycles. The quantitative estimate of drug-likeness (QED) is 0.822. The highest BCUT2D eigenvalue weighted by Gasteiger charge is 2.28. The number of carbonyl (C=O) groups excluding carboxylic acids is 1. The number of piperazine rings is 1. The van der Waals surface area contributed by atoms with E-state index in [-0.39, 0.29) is 11.5 Å². The van der Waals surface area contributed by atoms with E-state index in [2.05, 4.69) is 10.00 Å². The van der Waals surface area contributed by atoms with Gasteiger partial charge in [0.25, 0.3) is 5.56 Å². The second kappa shape index (κ2) is 8.17. The highest BCUT2D eigenvalue weighted by Crippen LogP contribution is 2.26. The van der Waals surface area contributed by atoms with E-state index in [4.69, 9.17) is 0 Å². The molecule has 0 bridgehead atoms. The fourth-order valence-corrected chi connectivity index (χ4v) is 4.20. The van der Waals surface area contributed by atoms with Gasteiger partial charge >= 0.3 is 0 Å². The summed E-state index contributed by atoms with van der Waals surface area (Å²) >= 11 is 0. The Balaban J connectivity index is 1.44. The van der Waals surface area contributed by atoms with Gasteiger partial charge in [0.05, 0.1) is 5.69 Å². The van der Waals surface area contributed by atoms with Gasteiger partial charge in [0.1, 0.15) is 5.82 Å². The molecule has 0 radical (unpaired) electrons. The van der Waals surface area contributed by atoms with Gasteiger partial charge in [-0.05, 0) is 38.0 Å². The van der Waals surface area contributed by atoms with Crippen LogP contribution in [0.2, 0.25) is 0 Å². The number of amides is 1. The Morgan fingerprint density at radius 3 is 2.29 bits per heavy atom. The zero-order valence-electron chi connectivity index (χ0n) is 16.5. The van der Waals surface area contributed by atoms with Crippen LogP contribution in [0.15, 0.2) is 41.2 Å². The van der Waals surface area contributed by atoms with Crippen LogP contribution in [0.3, 0.4) is 0 Å². The molecule has 2 fully saturated rings. The first kappa shape index (κ1) is 18.7. The molecule has 148 valence electrons. The molecule has 2 aliphatic rings. The molecule has 4 rings (SSSR count). The smallest absolute Gasteiger partial charge is 0.271 e. The van der Waals surface area contributed by atoms with Crippen LogP contribution in [0.4, 0.5) is 5.82 Å². The number of aryl methyl sites for hydroxylation is 1. The normalized spacial score (nSPS) is 18.3. The summed E-state index contributed by atoms with van der Waals surface area (Å²) in [6, 6.07) is 11.1. The van der Waals surface area contributed by atoms with Crippen LogP contribution in [0.1, 0.15) is 37.7 Å². The number of aromatic nitrogens is 2. The predicted octanol–water partition coefficient (Wildman–Crippen LogP) is 2.77. The molecule has 1 saturated carbocycles. The Bertz CT molecular complexity index is 876. The maximum absolute atomic E-state index is 12.8. The summed E-state index contributed by atoms with van der Waals surface area (Å²) in [6.45, 7) is 4.96. The van der Waals surface area contributed by atoms with Gasteiger partial charge in [-0.2, -0.15) is 4.68 Å². The van der Waals surface area contributed by atoms with Gasteiger partial charge < -0.3 is 9.80 Å². The molecule has 1 aromatic heterocycles. The Morgan fingerprint density at radius 1 is 0.929 bits per heavy atom. The lowest BCUT2D eigenvalue weighted by Gasteiger charge is -2.37. The summed E-state index contributed by atoms with van der Waals surface area (Å²) in [5.41, 5.74) is 1.77. The lowest BCUT2D eigenvalue weighted by molar-refractivity contribution is -0.136. The minimum absolute atomic E-state index is 0.140. The van der Waals surface area contributed by atoms with Crippen molar-refractivity contribution in [3.63, 3.8) is 0 Å². The molecule has 0 atom stereocenters. The molecule has 0 unspecified atom stereocenters. The molecule has 1 amide bonds. The van der Waals surface area contributed by atoms with Crippen LogP contribution in [0.25, 0.3) is 5.69 Å². The Hall–Kier alpha value is -2.63. The van der Waals surface area contributed by atoms with Gasteiger partial charge in [-0.1, -0.05) is 37.0 Å². The van der Waals surface area contributed by atoms with Crippen LogP contribution in [0, 0.1) is 12.8 Å². The number of carbonyl (C=O) groups is 1. The first-order valence-electron chi connectivity index (χ1n) is 10.3. The molecular formula is C22H28N4O2. The lowest BCUT2D eigenvalue weighted by Crippen LogP contribution is -2.51. The fourth-order valence-electron chi connectivity index (χ4n) is 4.20. The second-order valence-electron chi connectivity index (χ2n) is 7.92. The van der Waals surface area contributed by atoms with E-state index >= 15 is 0 Å². The summed E-state index contributed by atoms with van der Waals surface area (Å²) < 4.78 is 1.45. The monoisotopic (exact) mass is 380 g/mol. The Labute approximate surface area is 165 Å². The number of hydrogen-bond donors (Lipinski definition) is 0.